The summed E-state index contributed by atoms with van der Waals surface area (Å²) in [4.78, 5) is 14.3. The van der Waals surface area contributed by atoms with Gasteiger partial charge >= 0.3 is 0 Å². The molecule has 2 aliphatic rings. The average molecular weight is 316 g/mol. The highest BCUT2D eigenvalue weighted by molar-refractivity contribution is 7.91. The molecule has 1 saturated carbocycles. The van der Waals surface area contributed by atoms with E-state index in [4.69, 9.17) is 0 Å². The highest BCUT2D eigenvalue weighted by atomic mass is 32.2. The molecule has 0 aromatic carbocycles. The van der Waals surface area contributed by atoms with Gasteiger partial charge in [-0.25, -0.2) is 8.42 Å². The van der Waals surface area contributed by atoms with Gasteiger partial charge in [0.25, 0.3) is 0 Å². The van der Waals surface area contributed by atoms with E-state index in [2.05, 4.69) is 10.2 Å². The van der Waals surface area contributed by atoms with Gasteiger partial charge in [-0.3, -0.25) is 9.69 Å². The van der Waals surface area contributed by atoms with E-state index in [0.717, 1.165) is 12.8 Å². The summed E-state index contributed by atoms with van der Waals surface area (Å²) >= 11 is 0. The van der Waals surface area contributed by atoms with Crippen LogP contribution in [0.3, 0.4) is 0 Å². The molecule has 0 aromatic heterocycles. The van der Waals surface area contributed by atoms with Crippen molar-refractivity contribution in [3.8, 4) is 0 Å². The maximum Gasteiger partial charge on any atom is 0.234 e. The predicted molar refractivity (Wildman–Crippen MR) is 83.9 cm³/mol. The number of hydrogen-bond donors (Lipinski definition) is 1. The maximum absolute atomic E-state index is 12.2. The minimum atomic E-state index is -2.98. The Bertz CT molecular complexity index is 469. The number of nitrogens with one attached hydrogen (secondary N) is 1. The Morgan fingerprint density at radius 2 is 1.86 bits per heavy atom. The molecule has 21 heavy (non-hydrogen) atoms. The Labute approximate surface area is 128 Å². The standard InChI is InChI=1S/C15H28N2O3S/c1-15(9-10-21(19,20)12-15)16-14(18)11-17(2)13-7-5-3-4-6-8-13/h13H,3-12H2,1-2H3,(H,16,18). The molecule has 2 fully saturated rings. The van der Waals surface area contributed by atoms with Crippen molar-refractivity contribution >= 4 is 15.7 Å². The Balaban J connectivity index is 1.83. The van der Waals surface area contributed by atoms with Gasteiger partial charge < -0.3 is 5.32 Å². The number of carbonyl (C=O) groups is 1. The van der Waals surface area contributed by atoms with Gasteiger partial charge in [0.1, 0.15) is 0 Å². The molecule has 0 bridgehead atoms. The smallest absolute Gasteiger partial charge is 0.234 e. The molecular weight excluding hydrogens is 288 g/mol. The number of nitrogens with zero attached hydrogens (tertiary/aromatic N) is 1. The molecule has 0 aromatic rings. The first kappa shape index (κ1) is 16.7. The van der Waals surface area contributed by atoms with E-state index in [9.17, 15) is 13.2 Å². The van der Waals surface area contributed by atoms with Crippen LogP contribution in [0.1, 0.15) is 51.9 Å². The van der Waals surface area contributed by atoms with Crippen LogP contribution < -0.4 is 5.32 Å². The monoisotopic (exact) mass is 316 g/mol. The first-order valence-corrected chi connectivity index (χ1v) is 9.83. The molecule has 122 valence electrons. The molecule has 0 radical (unpaired) electrons. The summed E-state index contributed by atoms with van der Waals surface area (Å²) in [5.41, 5.74) is -0.583. The fraction of sp³-hybridized carbons (Fsp3) is 0.933. The fourth-order valence-electron chi connectivity index (χ4n) is 3.54. The Hall–Kier alpha value is -0.620. The molecule has 1 aliphatic heterocycles. The topological polar surface area (TPSA) is 66.5 Å². The van der Waals surface area contributed by atoms with Gasteiger partial charge in [-0.05, 0) is 33.2 Å². The predicted octanol–water partition coefficient (Wildman–Crippen LogP) is 1.33. The molecule has 1 N–H and O–H groups in total. The van der Waals surface area contributed by atoms with Crippen molar-refractivity contribution in [1.82, 2.24) is 10.2 Å². The lowest BCUT2D eigenvalue weighted by atomic mass is 10.0. The van der Waals surface area contributed by atoms with Crippen LogP contribution in [0.15, 0.2) is 0 Å². The third-order valence-electron chi connectivity index (χ3n) is 4.79. The SMILES string of the molecule is CN(CC(=O)NC1(C)CCS(=O)(=O)C1)C1CCCCCC1. The quantitative estimate of drug-likeness (QED) is 0.795. The summed E-state index contributed by atoms with van der Waals surface area (Å²) in [6, 6.07) is 0.485. The van der Waals surface area contributed by atoms with Gasteiger partial charge in [-0.1, -0.05) is 25.7 Å². The zero-order chi connectivity index (χ0) is 15.5. The summed E-state index contributed by atoms with van der Waals surface area (Å²) in [5, 5.41) is 2.94. The molecule has 1 aliphatic carbocycles. The van der Waals surface area contributed by atoms with E-state index < -0.39 is 15.4 Å². The minimum absolute atomic E-state index is 0.0543. The van der Waals surface area contributed by atoms with Crippen molar-refractivity contribution in [3.05, 3.63) is 0 Å². The van der Waals surface area contributed by atoms with Crippen molar-refractivity contribution < 1.29 is 13.2 Å². The van der Waals surface area contributed by atoms with Crippen LogP contribution in [0.5, 0.6) is 0 Å². The number of likely N-dealkylation sites (N-methyl/N-ethyl adjacent to an activating group) is 1. The van der Waals surface area contributed by atoms with E-state index >= 15 is 0 Å². The molecule has 1 amide bonds. The van der Waals surface area contributed by atoms with Crippen LogP contribution >= 0.6 is 0 Å². The summed E-state index contributed by atoms with van der Waals surface area (Å²) in [5.74, 6) is 0.197. The van der Waals surface area contributed by atoms with Crippen LogP contribution in [0, 0.1) is 0 Å². The molecule has 5 nitrogen and oxygen atoms in total. The Morgan fingerprint density at radius 1 is 1.24 bits per heavy atom. The summed E-state index contributed by atoms with van der Waals surface area (Å²) in [7, 11) is -0.978. The van der Waals surface area contributed by atoms with E-state index in [0.29, 0.717) is 19.0 Å². The van der Waals surface area contributed by atoms with E-state index in [1.54, 1.807) is 0 Å². The van der Waals surface area contributed by atoms with Crippen LogP contribution in [-0.4, -0.2) is 55.9 Å². The van der Waals surface area contributed by atoms with Crippen molar-refractivity contribution in [2.75, 3.05) is 25.1 Å². The lowest BCUT2D eigenvalue weighted by Gasteiger charge is -2.29. The third-order valence-corrected chi connectivity index (χ3v) is 6.69. The van der Waals surface area contributed by atoms with Crippen molar-refractivity contribution in [3.63, 3.8) is 0 Å². The van der Waals surface area contributed by atoms with Crippen molar-refractivity contribution in [1.29, 1.82) is 0 Å². The maximum atomic E-state index is 12.2. The molecule has 1 heterocycles. The van der Waals surface area contributed by atoms with Crippen molar-refractivity contribution in [2.45, 2.75) is 63.5 Å². The van der Waals surface area contributed by atoms with Crippen LogP contribution in [0.25, 0.3) is 0 Å². The van der Waals surface area contributed by atoms with E-state index in [-0.39, 0.29) is 17.4 Å². The fourth-order valence-corrected chi connectivity index (χ4v) is 5.63. The van der Waals surface area contributed by atoms with Gasteiger partial charge in [0.05, 0.1) is 23.6 Å². The van der Waals surface area contributed by atoms with Crippen molar-refractivity contribution in [2.24, 2.45) is 0 Å². The number of amides is 1. The lowest BCUT2D eigenvalue weighted by molar-refractivity contribution is -0.124. The summed E-state index contributed by atoms with van der Waals surface area (Å²) < 4.78 is 23.1. The van der Waals surface area contributed by atoms with Crippen LogP contribution in [0.2, 0.25) is 0 Å². The zero-order valence-electron chi connectivity index (χ0n) is 13.2. The Morgan fingerprint density at radius 3 is 2.38 bits per heavy atom. The first-order valence-electron chi connectivity index (χ1n) is 8.01. The number of carbonyl (C=O) groups excluding carboxylic acids is 1. The van der Waals surface area contributed by atoms with Gasteiger partial charge in [0.15, 0.2) is 9.84 Å². The van der Waals surface area contributed by atoms with Crippen LogP contribution in [0.4, 0.5) is 0 Å². The molecule has 1 atom stereocenters. The largest absolute Gasteiger partial charge is 0.349 e. The third kappa shape index (κ3) is 4.95. The number of hydrogen-bond acceptors (Lipinski definition) is 4. The van der Waals surface area contributed by atoms with E-state index in [1.807, 2.05) is 14.0 Å². The summed E-state index contributed by atoms with van der Waals surface area (Å²) in [6.45, 7) is 2.20. The zero-order valence-corrected chi connectivity index (χ0v) is 14.0. The number of sulfone groups is 1. The normalized spacial score (nSPS) is 30.2. The van der Waals surface area contributed by atoms with Crippen LogP contribution in [-0.2, 0) is 14.6 Å². The highest BCUT2D eigenvalue weighted by Gasteiger charge is 2.39. The second kappa shape index (κ2) is 6.65. The first-order chi connectivity index (χ1) is 9.80. The molecule has 1 saturated heterocycles. The lowest BCUT2D eigenvalue weighted by Crippen LogP contribution is -2.51. The second-order valence-electron chi connectivity index (χ2n) is 7.01. The Kier molecular flexibility index (Phi) is 5.30. The van der Waals surface area contributed by atoms with Gasteiger partial charge in [0, 0.05) is 6.04 Å². The molecule has 1 unspecified atom stereocenters. The molecule has 0 spiro atoms. The number of rotatable bonds is 4. The molecule has 2 rings (SSSR count). The van der Waals surface area contributed by atoms with E-state index in [1.165, 1.54) is 25.7 Å². The van der Waals surface area contributed by atoms with Gasteiger partial charge in [-0.15, -0.1) is 0 Å². The second-order valence-corrected chi connectivity index (χ2v) is 9.20. The average Bonchev–Trinajstić information content (AvgIpc) is 2.59. The van der Waals surface area contributed by atoms with Gasteiger partial charge in [-0.2, -0.15) is 0 Å². The van der Waals surface area contributed by atoms with Gasteiger partial charge in [0.2, 0.25) is 5.91 Å². The highest BCUT2D eigenvalue weighted by Crippen LogP contribution is 2.23. The molecule has 6 heteroatoms. The minimum Gasteiger partial charge on any atom is -0.349 e. The molecular formula is C15H28N2O3S. The summed E-state index contributed by atoms with van der Waals surface area (Å²) in [6.07, 6.45) is 7.93.